The average Bonchev–Trinajstić information content (AvgIpc) is 3.32. The van der Waals surface area contributed by atoms with Gasteiger partial charge in [-0.2, -0.15) is 0 Å². The summed E-state index contributed by atoms with van der Waals surface area (Å²) in [4.78, 5) is 35.1. The fourth-order valence-electron chi connectivity index (χ4n) is 7.28. The second kappa shape index (κ2) is 52.6. The first-order chi connectivity index (χ1) is 32.8. The second-order valence-corrected chi connectivity index (χ2v) is 19.2. The molecule has 0 fully saturated rings. The van der Waals surface area contributed by atoms with Gasteiger partial charge in [-0.1, -0.05) is 214 Å². The number of carbonyl (C=O) groups is 2. The molecule has 0 aromatic carbocycles. The molecule has 0 bridgehead atoms. The van der Waals surface area contributed by atoms with Gasteiger partial charge in [0.2, 0.25) is 0 Å². The van der Waals surface area contributed by atoms with Crippen molar-refractivity contribution < 1.29 is 37.6 Å². The highest BCUT2D eigenvalue weighted by Crippen LogP contribution is 2.43. The van der Waals surface area contributed by atoms with Crippen molar-refractivity contribution in [2.24, 2.45) is 5.73 Å². The Balaban J connectivity index is 4.03. The van der Waals surface area contributed by atoms with Crippen LogP contribution in [0.25, 0.3) is 0 Å². The van der Waals surface area contributed by atoms with Crippen molar-refractivity contribution in [3.63, 3.8) is 0 Å². The molecule has 0 spiro atoms. The third kappa shape index (κ3) is 52.4. The lowest BCUT2D eigenvalue weighted by molar-refractivity contribution is -0.161. The molecule has 0 aliphatic carbocycles. The zero-order valence-corrected chi connectivity index (χ0v) is 43.8. The van der Waals surface area contributed by atoms with Gasteiger partial charge in [0.05, 0.1) is 13.2 Å². The number of esters is 2. The highest BCUT2D eigenvalue weighted by atomic mass is 31.2. The van der Waals surface area contributed by atoms with Gasteiger partial charge in [0.1, 0.15) is 6.61 Å². The highest BCUT2D eigenvalue weighted by molar-refractivity contribution is 7.47. The van der Waals surface area contributed by atoms with Gasteiger partial charge in [0.15, 0.2) is 6.10 Å². The van der Waals surface area contributed by atoms with Crippen LogP contribution in [0.5, 0.6) is 0 Å². The summed E-state index contributed by atoms with van der Waals surface area (Å²) in [6.45, 7) is 3.62. The van der Waals surface area contributed by atoms with Gasteiger partial charge in [-0.25, -0.2) is 4.57 Å². The van der Waals surface area contributed by atoms with Gasteiger partial charge in [0, 0.05) is 19.4 Å². The molecular weight excluding hydrogens is 858 g/mol. The van der Waals surface area contributed by atoms with Gasteiger partial charge >= 0.3 is 19.8 Å². The zero-order chi connectivity index (χ0) is 48.8. The molecule has 0 aromatic heterocycles. The van der Waals surface area contributed by atoms with Crippen LogP contribution in [-0.4, -0.2) is 49.3 Å². The molecule has 386 valence electrons. The number of nitrogens with two attached hydrogens (primary N) is 1. The summed E-state index contributed by atoms with van der Waals surface area (Å²) in [6.07, 6.45) is 67.6. The lowest BCUT2D eigenvalue weighted by atomic mass is 10.0. The molecule has 3 N–H and O–H groups in total. The minimum atomic E-state index is -4.39. The first-order valence-corrected chi connectivity index (χ1v) is 28.6. The summed E-state index contributed by atoms with van der Waals surface area (Å²) < 4.78 is 33.0. The number of hydrogen-bond donors (Lipinski definition) is 2. The van der Waals surface area contributed by atoms with E-state index < -0.39 is 26.5 Å². The number of phosphoric acid groups is 1. The summed E-state index contributed by atoms with van der Waals surface area (Å²) in [7, 11) is -4.39. The number of carbonyl (C=O) groups excluding carboxylic acids is 2. The van der Waals surface area contributed by atoms with Crippen LogP contribution < -0.4 is 5.73 Å². The van der Waals surface area contributed by atoms with Crippen molar-refractivity contribution in [1.29, 1.82) is 0 Å². The van der Waals surface area contributed by atoms with Crippen LogP contribution in [0.2, 0.25) is 0 Å². The molecule has 0 saturated heterocycles. The maximum Gasteiger partial charge on any atom is 0.472 e. The fourth-order valence-corrected chi connectivity index (χ4v) is 8.05. The van der Waals surface area contributed by atoms with Gasteiger partial charge < -0.3 is 20.1 Å². The maximum atomic E-state index is 12.7. The maximum absolute atomic E-state index is 12.7. The first kappa shape index (κ1) is 64.2. The number of unbranched alkanes of at least 4 members (excludes halogenated alkanes) is 23. The molecule has 0 aromatic rings. The Labute approximate surface area is 411 Å². The van der Waals surface area contributed by atoms with Crippen LogP contribution >= 0.6 is 7.82 Å². The Morgan fingerprint density at radius 1 is 0.463 bits per heavy atom. The number of allylic oxidation sites excluding steroid dienone is 14. The number of phosphoric ester groups is 1. The van der Waals surface area contributed by atoms with Crippen molar-refractivity contribution in [1.82, 2.24) is 0 Å². The summed E-state index contributed by atoms with van der Waals surface area (Å²) in [5.41, 5.74) is 5.37. The van der Waals surface area contributed by atoms with E-state index >= 15 is 0 Å². The quantitative estimate of drug-likeness (QED) is 0.0264. The lowest BCUT2D eigenvalue weighted by Gasteiger charge is -2.19. The van der Waals surface area contributed by atoms with E-state index in [1.165, 1.54) is 103 Å². The van der Waals surface area contributed by atoms with Crippen molar-refractivity contribution in [2.75, 3.05) is 26.4 Å². The normalized spacial score (nSPS) is 13.8. The predicted octanol–water partition coefficient (Wildman–Crippen LogP) is 16.7. The molecule has 0 heterocycles. The minimum absolute atomic E-state index is 0.0489. The monoisotopic (exact) mass is 958 g/mol. The number of ether oxygens (including phenoxy) is 2. The molecule has 0 rings (SSSR count). The Kier molecular flexibility index (Phi) is 50.4. The molecule has 10 heteroatoms. The van der Waals surface area contributed by atoms with E-state index in [0.717, 1.165) is 96.3 Å². The smallest absolute Gasteiger partial charge is 0.462 e. The van der Waals surface area contributed by atoms with E-state index in [9.17, 15) is 19.0 Å². The third-order valence-corrected chi connectivity index (χ3v) is 12.2. The minimum Gasteiger partial charge on any atom is -0.462 e. The largest absolute Gasteiger partial charge is 0.472 e. The van der Waals surface area contributed by atoms with E-state index in [0.29, 0.717) is 6.42 Å². The standard InChI is InChI=1S/C57H100NO8P/c1-3-5-7-9-11-13-15-17-19-21-22-23-24-25-26-27-28-29-30-31-32-34-36-38-40-42-44-46-48-50-57(60)66-55(54-65-67(61,62)64-52-51-58)53-63-56(59)49-47-45-43-41-39-37-35-33-20-18-16-14-12-10-8-6-4-2/h5,7,11,13,17-20,22-23,25-26,28-29,55H,3-4,6,8-10,12,14-16,21,24,27,30-54,58H2,1-2H3,(H,61,62)/b7-5-,13-11-,19-17-,20-18-,23-22-,26-25-,29-28-. The van der Waals surface area contributed by atoms with Crippen LogP contribution in [-0.2, 0) is 32.7 Å². The van der Waals surface area contributed by atoms with Crippen LogP contribution in [0.3, 0.4) is 0 Å². The molecule has 0 aliphatic heterocycles. The van der Waals surface area contributed by atoms with Gasteiger partial charge in [0.25, 0.3) is 0 Å². The van der Waals surface area contributed by atoms with E-state index in [4.69, 9.17) is 24.3 Å². The predicted molar refractivity (Wildman–Crippen MR) is 284 cm³/mol. The van der Waals surface area contributed by atoms with Crippen LogP contribution in [0.15, 0.2) is 85.1 Å². The Morgan fingerprint density at radius 2 is 0.821 bits per heavy atom. The fraction of sp³-hybridized carbons (Fsp3) is 0.719. The van der Waals surface area contributed by atoms with Crippen molar-refractivity contribution in [3.8, 4) is 0 Å². The highest BCUT2D eigenvalue weighted by Gasteiger charge is 2.26. The SMILES string of the molecule is CC/C=C\C/C=C\C/C=C\C/C=C\C/C=C\C/C=C\CCCCCCCCCCCCC(=O)OC(COC(=O)CCCCCCCCC/C=C\CCCCCCCC)COP(=O)(O)OCCN. The molecular formula is C57H100NO8P. The van der Waals surface area contributed by atoms with E-state index in [1.54, 1.807) is 0 Å². The molecule has 9 nitrogen and oxygen atoms in total. The number of hydrogen-bond acceptors (Lipinski definition) is 8. The molecule has 0 saturated carbocycles. The second-order valence-electron chi connectivity index (χ2n) is 17.7. The topological polar surface area (TPSA) is 134 Å². The molecule has 2 unspecified atom stereocenters. The van der Waals surface area contributed by atoms with E-state index in [2.05, 4.69) is 98.9 Å². The Bertz CT molecular complexity index is 1370. The van der Waals surface area contributed by atoms with Crippen molar-refractivity contribution in [3.05, 3.63) is 85.1 Å². The molecule has 0 amide bonds. The van der Waals surface area contributed by atoms with E-state index in [1.807, 2.05) is 0 Å². The summed E-state index contributed by atoms with van der Waals surface area (Å²) in [5.74, 6) is -0.838. The zero-order valence-electron chi connectivity index (χ0n) is 42.9. The molecule has 67 heavy (non-hydrogen) atoms. The first-order valence-electron chi connectivity index (χ1n) is 27.1. The molecule has 0 radical (unpaired) electrons. The number of rotatable bonds is 50. The summed E-state index contributed by atoms with van der Waals surface area (Å²) in [6, 6.07) is 0. The Hall–Kier alpha value is -2.81. The van der Waals surface area contributed by atoms with Crippen LogP contribution in [0, 0.1) is 0 Å². The summed E-state index contributed by atoms with van der Waals surface area (Å²) in [5, 5.41) is 0. The van der Waals surface area contributed by atoms with Crippen molar-refractivity contribution in [2.45, 2.75) is 238 Å². The Morgan fingerprint density at radius 3 is 1.24 bits per heavy atom. The van der Waals surface area contributed by atoms with Crippen LogP contribution in [0.1, 0.15) is 232 Å². The lowest BCUT2D eigenvalue weighted by Crippen LogP contribution is -2.29. The van der Waals surface area contributed by atoms with Gasteiger partial charge in [-0.3, -0.25) is 18.6 Å². The molecule has 2 atom stereocenters. The van der Waals surface area contributed by atoms with E-state index in [-0.39, 0.29) is 38.6 Å². The van der Waals surface area contributed by atoms with Crippen molar-refractivity contribution >= 4 is 19.8 Å². The molecule has 0 aliphatic rings. The third-order valence-electron chi connectivity index (χ3n) is 11.3. The van der Waals surface area contributed by atoms with Gasteiger partial charge in [-0.15, -0.1) is 0 Å². The van der Waals surface area contributed by atoms with Crippen LogP contribution in [0.4, 0.5) is 0 Å². The van der Waals surface area contributed by atoms with Gasteiger partial charge in [-0.05, 0) is 89.9 Å². The summed E-state index contributed by atoms with van der Waals surface area (Å²) >= 11 is 0. The average molecular weight is 958 g/mol.